The number of ether oxygens (including phenoxy) is 1. The highest BCUT2D eigenvalue weighted by atomic mass is 19.1. The van der Waals surface area contributed by atoms with Crippen molar-refractivity contribution >= 4 is 12.0 Å². The fourth-order valence-electron chi connectivity index (χ4n) is 2.55. The number of urea groups is 1. The van der Waals surface area contributed by atoms with Crippen molar-refractivity contribution in [2.24, 2.45) is 5.92 Å². The summed E-state index contributed by atoms with van der Waals surface area (Å²) in [7, 11) is 1.54. The van der Waals surface area contributed by atoms with E-state index in [9.17, 15) is 14.0 Å². The minimum atomic E-state index is -0.958. The average Bonchev–Trinajstić information content (AvgIpc) is 2.70. The predicted molar refractivity (Wildman–Crippen MR) is 81.8 cm³/mol. The van der Waals surface area contributed by atoms with Gasteiger partial charge in [-0.1, -0.05) is 19.1 Å². The molecule has 2 N–H and O–H groups in total. The second-order valence-corrected chi connectivity index (χ2v) is 5.77. The highest BCUT2D eigenvalue weighted by Gasteiger charge is 2.25. The third kappa shape index (κ3) is 4.12. The van der Waals surface area contributed by atoms with Gasteiger partial charge in [-0.15, -0.1) is 0 Å². The molecule has 0 radical (unpaired) electrons. The predicted octanol–water partition coefficient (Wildman–Crippen LogP) is 2.40. The number of carboxylic acids is 1. The molecule has 1 aromatic carbocycles. The van der Waals surface area contributed by atoms with Crippen LogP contribution >= 0.6 is 0 Å². The van der Waals surface area contributed by atoms with Crippen LogP contribution in [0, 0.1) is 11.7 Å². The van der Waals surface area contributed by atoms with Gasteiger partial charge in [-0.3, -0.25) is 4.79 Å². The van der Waals surface area contributed by atoms with Gasteiger partial charge >= 0.3 is 12.0 Å². The lowest BCUT2D eigenvalue weighted by molar-refractivity contribution is -0.141. The molecule has 1 heterocycles. The summed E-state index contributed by atoms with van der Waals surface area (Å²) in [4.78, 5) is 24.5. The zero-order chi connectivity index (χ0) is 17.0. The number of carboxylic acid groups (broad SMARTS) is 1. The minimum absolute atomic E-state index is 0.0976. The highest BCUT2D eigenvalue weighted by molar-refractivity contribution is 5.76. The molecule has 0 fully saturated rings. The second kappa shape index (κ2) is 7.30. The first-order valence-electron chi connectivity index (χ1n) is 7.55. The number of carbonyl (C=O) groups is 2. The van der Waals surface area contributed by atoms with Crippen molar-refractivity contribution in [3.63, 3.8) is 0 Å². The number of halogens is 1. The Morgan fingerprint density at radius 3 is 2.96 bits per heavy atom. The van der Waals surface area contributed by atoms with Gasteiger partial charge in [0.15, 0.2) is 11.6 Å². The molecule has 1 aromatic rings. The van der Waals surface area contributed by atoms with Crippen molar-refractivity contribution in [1.29, 1.82) is 0 Å². The maximum Gasteiger partial charge on any atom is 0.317 e. The molecule has 2 rings (SSSR count). The van der Waals surface area contributed by atoms with Crippen LogP contribution in [0.1, 0.15) is 31.4 Å². The van der Waals surface area contributed by atoms with Gasteiger partial charge in [0.2, 0.25) is 0 Å². The lowest BCUT2D eigenvalue weighted by atomic mass is 10.0. The summed E-state index contributed by atoms with van der Waals surface area (Å²) in [6, 6.07) is 3.88. The molecule has 2 atom stereocenters. The van der Waals surface area contributed by atoms with Gasteiger partial charge in [-0.2, -0.15) is 0 Å². The number of aliphatic carboxylic acids is 1. The Kier molecular flexibility index (Phi) is 5.41. The summed E-state index contributed by atoms with van der Waals surface area (Å²) in [5.74, 6) is -1.89. The van der Waals surface area contributed by atoms with Crippen LogP contribution in [-0.2, 0) is 4.79 Å². The van der Waals surface area contributed by atoms with E-state index in [2.05, 4.69) is 5.32 Å². The third-order valence-electron chi connectivity index (χ3n) is 3.87. The van der Waals surface area contributed by atoms with Gasteiger partial charge < -0.3 is 20.1 Å². The molecule has 1 aliphatic rings. The summed E-state index contributed by atoms with van der Waals surface area (Å²) >= 11 is 0. The molecule has 0 spiro atoms. The fourth-order valence-corrected chi connectivity index (χ4v) is 2.55. The summed E-state index contributed by atoms with van der Waals surface area (Å²) in [5, 5.41) is 11.7. The molecule has 126 valence electrons. The molecule has 23 heavy (non-hydrogen) atoms. The summed E-state index contributed by atoms with van der Waals surface area (Å²) in [6.45, 7) is 2.03. The van der Waals surface area contributed by atoms with Gasteiger partial charge in [0.05, 0.1) is 18.6 Å². The van der Waals surface area contributed by atoms with E-state index < -0.39 is 17.7 Å². The number of carbonyl (C=O) groups excluding carboxylic acids is 1. The Balaban J connectivity index is 2.09. The van der Waals surface area contributed by atoms with Gasteiger partial charge in [-0.25, -0.2) is 9.18 Å². The van der Waals surface area contributed by atoms with Gasteiger partial charge in [0.1, 0.15) is 0 Å². The Labute approximate surface area is 134 Å². The first-order valence-corrected chi connectivity index (χ1v) is 7.55. The van der Waals surface area contributed by atoms with Gasteiger partial charge in [0.25, 0.3) is 0 Å². The smallest absolute Gasteiger partial charge is 0.317 e. The lowest BCUT2D eigenvalue weighted by Crippen LogP contribution is -2.42. The number of fused-ring (bicyclic) bond motifs is 1. The SMILES string of the molecule is CC(CN(C)C(=O)NC1CCCOc2c(F)cccc21)C(=O)O. The van der Waals surface area contributed by atoms with Crippen LogP contribution in [0.5, 0.6) is 5.75 Å². The quantitative estimate of drug-likeness (QED) is 0.891. The van der Waals surface area contributed by atoms with Crippen LogP contribution in [0.25, 0.3) is 0 Å². The van der Waals surface area contributed by atoms with Crippen LogP contribution in [0.2, 0.25) is 0 Å². The molecule has 0 bridgehead atoms. The van der Waals surface area contributed by atoms with Crippen molar-refractivity contribution in [2.75, 3.05) is 20.2 Å². The molecule has 0 saturated heterocycles. The van der Waals surface area contributed by atoms with Crippen LogP contribution in [0.15, 0.2) is 18.2 Å². The summed E-state index contributed by atoms with van der Waals surface area (Å²) < 4.78 is 19.3. The van der Waals surface area contributed by atoms with E-state index in [1.54, 1.807) is 12.1 Å². The normalized spacial score (nSPS) is 18.1. The first kappa shape index (κ1) is 17.1. The van der Waals surface area contributed by atoms with Crippen molar-refractivity contribution in [1.82, 2.24) is 10.2 Å². The standard InChI is InChI=1S/C16H21FN2O4/c1-10(15(20)21)9-19(2)16(22)18-13-7-4-8-23-14-11(13)5-3-6-12(14)17/h3,5-6,10,13H,4,7-9H2,1-2H3,(H,18,22)(H,20,21). The fraction of sp³-hybridized carbons (Fsp3) is 0.500. The molecule has 1 aliphatic heterocycles. The van der Waals surface area contributed by atoms with E-state index in [0.717, 1.165) is 0 Å². The number of nitrogens with zero attached hydrogens (tertiary/aromatic N) is 1. The van der Waals surface area contributed by atoms with E-state index in [4.69, 9.17) is 9.84 Å². The van der Waals surface area contributed by atoms with Crippen molar-refractivity contribution in [3.8, 4) is 5.75 Å². The molecule has 0 saturated carbocycles. The average molecular weight is 324 g/mol. The van der Waals surface area contributed by atoms with Crippen LogP contribution in [-0.4, -0.2) is 42.2 Å². The molecule has 0 aromatic heterocycles. The topological polar surface area (TPSA) is 78.9 Å². The Morgan fingerprint density at radius 2 is 2.26 bits per heavy atom. The highest BCUT2D eigenvalue weighted by Crippen LogP contribution is 2.33. The molecule has 7 heteroatoms. The molecule has 2 amide bonds. The number of benzene rings is 1. The van der Waals surface area contributed by atoms with Crippen LogP contribution in [0.3, 0.4) is 0 Å². The Hall–Kier alpha value is -2.31. The second-order valence-electron chi connectivity index (χ2n) is 5.77. The Bertz CT molecular complexity index is 593. The van der Waals surface area contributed by atoms with E-state index in [-0.39, 0.29) is 24.4 Å². The number of amides is 2. The first-order chi connectivity index (χ1) is 10.9. The number of hydrogen-bond donors (Lipinski definition) is 2. The number of rotatable bonds is 4. The van der Waals surface area contributed by atoms with E-state index in [1.807, 2.05) is 0 Å². The number of nitrogens with one attached hydrogen (secondary N) is 1. The maximum atomic E-state index is 13.9. The lowest BCUT2D eigenvalue weighted by Gasteiger charge is -2.24. The molecule has 2 unspecified atom stereocenters. The van der Waals surface area contributed by atoms with Gasteiger partial charge in [0, 0.05) is 19.2 Å². The summed E-state index contributed by atoms with van der Waals surface area (Å²) in [6.07, 6.45) is 1.32. The molecular weight excluding hydrogens is 303 g/mol. The van der Waals surface area contributed by atoms with Crippen LogP contribution in [0.4, 0.5) is 9.18 Å². The molecular formula is C16H21FN2O4. The van der Waals surface area contributed by atoms with Crippen molar-refractivity contribution in [3.05, 3.63) is 29.6 Å². The summed E-state index contributed by atoms with van der Waals surface area (Å²) in [5.41, 5.74) is 0.607. The Morgan fingerprint density at radius 1 is 1.52 bits per heavy atom. The monoisotopic (exact) mass is 324 g/mol. The molecule has 0 aliphatic carbocycles. The zero-order valence-electron chi connectivity index (χ0n) is 13.2. The minimum Gasteiger partial charge on any atom is -0.490 e. The van der Waals surface area contributed by atoms with E-state index in [0.29, 0.717) is 25.0 Å². The zero-order valence-corrected chi connectivity index (χ0v) is 13.2. The van der Waals surface area contributed by atoms with Crippen molar-refractivity contribution in [2.45, 2.75) is 25.8 Å². The number of hydrogen-bond acceptors (Lipinski definition) is 3. The maximum absolute atomic E-state index is 13.9. The van der Waals surface area contributed by atoms with Crippen LogP contribution < -0.4 is 10.1 Å². The van der Waals surface area contributed by atoms with E-state index >= 15 is 0 Å². The molecule has 6 nitrogen and oxygen atoms in total. The third-order valence-corrected chi connectivity index (χ3v) is 3.87. The van der Waals surface area contributed by atoms with E-state index in [1.165, 1.54) is 24.9 Å². The number of para-hydroxylation sites is 1. The van der Waals surface area contributed by atoms with Gasteiger partial charge in [-0.05, 0) is 18.9 Å². The largest absolute Gasteiger partial charge is 0.490 e. The van der Waals surface area contributed by atoms with Crippen molar-refractivity contribution < 1.29 is 23.8 Å².